The Morgan fingerprint density at radius 2 is 1.53 bits per heavy atom. The molecule has 1 saturated carbocycles. The number of anilines is 3. The summed E-state index contributed by atoms with van der Waals surface area (Å²) in [4.78, 5) is 70.4. The Labute approximate surface area is 438 Å². The van der Waals surface area contributed by atoms with Crippen LogP contribution in [0.25, 0.3) is 11.0 Å². The third kappa shape index (κ3) is 16.6. The summed E-state index contributed by atoms with van der Waals surface area (Å²) in [5.41, 5.74) is 10.0. The van der Waals surface area contributed by atoms with Gasteiger partial charge < -0.3 is 50.6 Å². The Kier molecular flexibility index (Phi) is 21.5. The largest absolute Gasteiger partial charge is 0.382 e. The zero-order valence-corrected chi connectivity index (χ0v) is 43.8. The lowest BCUT2D eigenvalue weighted by Crippen LogP contribution is -2.54. The molecule has 1 aromatic carbocycles. The molecule has 2 fully saturated rings. The topological polar surface area (TPSA) is 268 Å². The van der Waals surface area contributed by atoms with Crippen LogP contribution in [0.3, 0.4) is 0 Å². The summed E-state index contributed by atoms with van der Waals surface area (Å²) in [6.45, 7) is 15.2. The Balaban J connectivity index is 0.702. The van der Waals surface area contributed by atoms with Gasteiger partial charge in [-0.15, -0.1) is 5.10 Å². The van der Waals surface area contributed by atoms with Crippen LogP contribution in [0, 0.1) is 12.8 Å². The molecule has 5 aromatic rings. The number of amides is 2. The number of nitrogens with zero attached hydrogens (tertiary/aromatic N) is 9. The van der Waals surface area contributed by atoms with Crippen LogP contribution in [0.2, 0.25) is 0 Å². The lowest BCUT2D eigenvalue weighted by Gasteiger charge is -2.35. The van der Waals surface area contributed by atoms with Gasteiger partial charge in [0.05, 0.1) is 82.5 Å². The van der Waals surface area contributed by atoms with Crippen molar-refractivity contribution in [2.75, 3.05) is 95.8 Å². The van der Waals surface area contributed by atoms with Crippen molar-refractivity contribution in [3.8, 4) is 0 Å². The van der Waals surface area contributed by atoms with Crippen molar-refractivity contribution < 1.29 is 38.4 Å². The summed E-state index contributed by atoms with van der Waals surface area (Å²) >= 11 is 0. The number of hydrogen-bond acceptors (Lipinski definition) is 18. The van der Waals surface area contributed by atoms with Gasteiger partial charge in [-0.25, -0.2) is 14.6 Å². The predicted octanol–water partition coefficient (Wildman–Crippen LogP) is 3.11. The van der Waals surface area contributed by atoms with Gasteiger partial charge in [-0.2, -0.15) is 4.98 Å². The molecule has 6 N–H and O–H groups in total. The van der Waals surface area contributed by atoms with E-state index in [1.165, 1.54) is 6.92 Å². The van der Waals surface area contributed by atoms with Gasteiger partial charge in [0, 0.05) is 69.1 Å². The fourth-order valence-electron chi connectivity index (χ4n) is 9.43. The van der Waals surface area contributed by atoms with E-state index in [9.17, 15) is 24.3 Å². The van der Waals surface area contributed by atoms with E-state index in [4.69, 9.17) is 29.7 Å². The molecule has 0 unspecified atom stereocenters. The van der Waals surface area contributed by atoms with E-state index in [2.05, 4.69) is 46.0 Å². The maximum absolute atomic E-state index is 13.6. The summed E-state index contributed by atoms with van der Waals surface area (Å²) in [7, 11) is 0. The number of carbonyl (C=O) groups excluding carboxylic acids is 3. The molecule has 3 atom stereocenters. The van der Waals surface area contributed by atoms with Crippen LogP contribution in [0.4, 0.5) is 17.5 Å². The molecule has 406 valence electrons. The number of rotatable bonds is 30. The Bertz CT molecular complexity index is 2650. The first kappa shape index (κ1) is 56.5. The minimum absolute atomic E-state index is 0.00302. The second-order valence-corrected chi connectivity index (χ2v) is 19.6. The molecular weight excluding hydrogens is 963 g/mol. The fourth-order valence-corrected chi connectivity index (χ4v) is 9.43. The van der Waals surface area contributed by atoms with E-state index in [0.717, 1.165) is 68.8 Å². The third-order valence-corrected chi connectivity index (χ3v) is 13.4. The SMILES string of the molecule is CC(=O)c1c(C)c2cnc(Nc3ccc(N4CCN(Cc5cn(CCOCCOCCOCCOCCNC(=O)[C@H](CC(C)C)NC(=O)[C@@H](O)[C@H](N)Cc6ccccc6)nn5)CC4)cn3)nc2n(C2CCCC2)c1=O. The number of aliphatic hydroxyl groups excluding tert-OH is 1. The number of nitrogens with one attached hydrogen (secondary N) is 3. The van der Waals surface area contributed by atoms with Gasteiger partial charge in [-0.05, 0) is 68.7 Å². The van der Waals surface area contributed by atoms with Gasteiger partial charge in [-0.1, -0.05) is 62.2 Å². The van der Waals surface area contributed by atoms with Crippen LogP contribution >= 0.6 is 0 Å². The van der Waals surface area contributed by atoms with Crippen LogP contribution in [-0.4, -0.2) is 166 Å². The number of ketones is 1. The number of aromatic nitrogens is 7. The molecule has 1 saturated heterocycles. The number of nitrogens with two attached hydrogens (primary N) is 1. The summed E-state index contributed by atoms with van der Waals surface area (Å²) < 4.78 is 26.0. The first-order chi connectivity index (χ1) is 36.3. The van der Waals surface area contributed by atoms with Crippen molar-refractivity contribution in [2.45, 2.75) is 104 Å². The number of fused-ring (bicyclic) bond motifs is 1. The van der Waals surface area contributed by atoms with Crippen molar-refractivity contribution >= 4 is 46.1 Å². The number of benzene rings is 1. The maximum Gasteiger partial charge on any atom is 0.263 e. The average molecular weight is 1040 g/mol. The van der Waals surface area contributed by atoms with Crippen LogP contribution in [0.1, 0.15) is 86.1 Å². The van der Waals surface area contributed by atoms with E-state index in [0.29, 0.717) is 101 Å². The van der Waals surface area contributed by atoms with E-state index in [1.54, 1.807) is 22.4 Å². The summed E-state index contributed by atoms with van der Waals surface area (Å²) in [6.07, 6.45) is 8.59. The van der Waals surface area contributed by atoms with Gasteiger partial charge in [-0.3, -0.25) is 28.6 Å². The molecule has 2 amide bonds. The number of piperazine rings is 1. The number of carbonyl (C=O) groups is 3. The Morgan fingerprint density at radius 3 is 2.19 bits per heavy atom. The van der Waals surface area contributed by atoms with Crippen molar-refractivity contribution in [1.82, 2.24) is 50.0 Å². The van der Waals surface area contributed by atoms with Crippen LogP contribution < -0.4 is 32.1 Å². The van der Waals surface area contributed by atoms with Crippen molar-refractivity contribution in [2.24, 2.45) is 11.7 Å². The van der Waals surface area contributed by atoms with Gasteiger partial charge in [0.1, 0.15) is 23.6 Å². The van der Waals surface area contributed by atoms with Gasteiger partial charge >= 0.3 is 0 Å². The highest BCUT2D eigenvalue weighted by molar-refractivity contribution is 5.99. The molecule has 4 aromatic heterocycles. The van der Waals surface area contributed by atoms with Crippen LogP contribution in [0.15, 0.2) is 65.8 Å². The van der Waals surface area contributed by atoms with Gasteiger partial charge in [0.2, 0.25) is 11.9 Å². The zero-order valence-electron chi connectivity index (χ0n) is 43.8. The Hall–Kier alpha value is -6.27. The van der Waals surface area contributed by atoms with Crippen molar-refractivity contribution in [3.63, 3.8) is 0 Å². The smallest absolute Gasteiger partial charge is 0.263 e. The lowest BCUT2D eigenvalue weighted by atomic mass is 10.00. The van der Waals surface area contributed by atoms with Crippen LogP contribution in [0.5, 0.6) is 0 Å². The molecule has 22 nitrogen and oxygen atoms in total. The molecule has 7 rings (SSSR count). The van der Waals surface area contributed by atoms with E-state index in [1.807, 2.05) is 68.7 Å². The predicted molar refractivity (Wildman–Crippen MR) is 283 cm³/mol. The first-order valence-electron chi connectivity index (χ1n) is 26.2. The number of aliphatic hydroxyl groups is 1. The minimum atomic E-state index is -1.46. The third-order valence-electron chi connectivity index (χ3n) is 13.4. The summed E-state index contributed by atoms with van der Waals surface area (Å²) in [6, 6.07) is 11.7. The molecule has 0 bridgehead atoms. The van der Waals surface area contributed by atoms with E-state index in [-0.39, 0.29) is 47.9 Å². The molecule has 2 aliphatic rings. The van der Waals surface area contributed by atoms with E-state index < -0.39 is 24.1 Å². The van der Waals surface area contributed by atoms with E-state index >= 15 is 0 Å². The van der Waals surface area contributed by atoms with Gasteiger partial charge in [0.15, 0.2) is 5.78 Å². The molecule has 22 heteroatoms. The normalized spacial score (nSPS) is 15.6. The lowest BCUT2D eigenvalue weighted by molar-refractivity contribution is -0.135. The van der Waals surface area contributed by atoms with Crippen molar-refractivity contribution in [3.05, 3.63) is 93.8 Å². The molecule has 75 heavy (non-hydrogen) atoms. The number of aryl methyl sites for hydroxylation is 1. The fraction of sp³-hybridized carbons (Fsp3) is 0.566. The number of hydrogen-bond donors (Lipinski definition) is 5. The molecular formula is C53H75N13O9. The number of ether oxygens (including phenoxy) is 4. The highest BCUT2D eigenvalue weighted by Crippen LogP contribution is 2.32. The summed E-state index contributed by atoms with van der Waals surface area (Å²) in [5, 5.41) is 28.6. The molecule has 5 heterocycles. The summed E-state index contributed by atoms with van der Waals surface area (Å²) in [5.74, 6) is -0.223. The quantitative estimate of drug-likeness (QED) is 0.0327. The van der Waals surface area contributed by atoms with Gasteiger partial charge in [0.25, 0.3) is 11.5 Å². The number of Topliss-reactive ketones (excluding diaryl/α,β-unsaturated/α-hetero) is 1. The average Bonchev–Trinajstić information content (AvgIpc) is 4.10. The minimum Gasteiger partial charge on any atom is -0.382 e. The maximum atomic E-state index is 13.6. The highest BCUT2D eigenvalue weighted by atomic mass is 16.6. The monoisotopic (exact) mass is 1040 g/mol. The molecule has 1 aliphatic carbocycles. The first-order valence-corrected chi connectivity index (χ1v) is 26.2. The number of pyridine rings is 2. The molecule has 0 radical (unpaired) electrons. The second kappa shape index (κ2) is 28.6. The molecule has 1 aliphatic heterocycles. The Morgan fingerprint density at radius 1 is 0.853 bits per heavy atom. The van der Waals surface area contributed by atoms with Crippen molar-refractivity contribution in [1.29, 1.82) is 0 Å². The highest BCUT2D eigenvalue weighted by Gasteiger charge is 2.29. The second-order valence-electron chi connectivity index (χ2n) is 19.6. The standard InChI is InChI=1S/C53H75N13O9/c1-36(2)30-45(58-51(70)48(68)44(54)31-39-10-6-5-7-11-39)50(69)55-16-22-72-24-26-74-28-29-75-27-25-73-23-21-65-35-40(61-62-65)34-63-17-19-64(20-18-63)42-14-15-46(56-32-42)59-53-57-33-43-37(3)47(38(4)67)52(71)66(49(43)60-53)41-12-8-9-13-41/h5-7,10-11,14-15,32-33,35-36,41,44-45,48,68H,8-9,12-13,16-31,34,54H2,1-4H3,(H,55,69)(H,58,70)(H,56,57,59,60)/t44-,45+,48+/m1/s1. The molecule has 0 spiro atoms. The zero-order chi connectivity index (χ0) is 53.1. The van der Waals surface area contributed by atoms with Crippen LogP contribution in [-0.2, 0) is 48.0 Å².